The highest BCUT2D eigenvalue weighted by Gasteiger charge is 2.13. The number of hydrogen-bond donors (Lipinski definition) is 1. The first-order valence-electron chi connectivity index (χ1n) is 4.42. The largest absolute Gasteiger partial charge is 0.340 e. The number of rotatable bonds is 4. The first-order valence-corrected chi connectivity index (χ1v) is 4.42. The molecule has 1 N–H and O–H groups in total. The van der Waals surface area contributed by atoms with E-state index in [9.17, 15) is 0 Å². The third-order valence-electron chi connectivity index (χ3n) is 1.80. The van der Waals surface area contributed by atoms with Gasteiger partial charge in [-0.05, 0) is 12.8 Å². The molecule has 0 fully saturated rings. The minimum Gasteiger partial charge on any atom is -0.340 e. The molecule has 11 heavy (non-hydrogen) atoms. The summed E-state index contributed by atoms with van der Waals surface area (Å²) in [6, 6.07) is 0. The quantitative estimate of drug-likeness (QED) is 0.664. The van der Waals surface area contributed by atoms with Crippen LogP contribution >= 0.6 is 0 Å². The number of amidine groups is 1. The number of nitrogens with one attached hydrogen (secondary N) is 1. The van der Waals surface area contributed by atoms with Gasteiger partial charge in [0.15, 0.2) is 0 Å². The lowest BCUT2D eigenvalue weighted by molar-refractivity contribution is 0.417. The van der Waals surface area contributed by atoms with Gasteiger partial charge in [-0.3, -0.25) is 5.43 Å². The molecule has 3 nitrogen and oxygen atoms in total. The van der Waals surface area contributed by atoms with Gasteiger partial charge in [0.2, 0.25) is 0 Å². The molecule has 0 aromatic carbocycles. The molecular formula is C8H17N3. The summed E-state index contributed by atoms with van der Waals surface area (Å²) in [4.78, 5) is 2.31. The molecule has 0 saturated heterocycles. The molecular weight excluding hydrogens is 138 g/mol. The van der Waals surface area contributed by atoms with E-state index in [1.165, 1.54) is 18.7 Å². The van der Waals surface area contributed by atoms with E-state index in [0.29, 0.717) is 0 Å². The van der Waals surface area contributed by atoms with E-state index in [-0.39, 0.29) is 0 Å². The van der Waals surface area contributed by atoms with Gasteiger partial charge in [-0.1, -0.05) is 13.8 Å². The standard InChI is InChI=1S/C8H17N3/c1-3-5-8-10-9-7-11(8)6-4-2/h9H,3-7H2,1-2H3. The van der Waals surface area contributed by atoms with Gasteiger partial charge in [-0.2, -0.15) is 5.10 Å². The minimum atomic E-state index is 0.906. The molecule has 1 heterocycles. The predicted octanol–water partition coefficient (Wildman–Crippen LogP) is 1.37. The van der Waals surface area contributed by atoms with Gasteiger partial charge in [0, 0.05) is 13.0 Å². The summed E-state index contributed by atoms with van der Waals surface area (Å²) < 4.78 is 0. The maximum absolute atomic E-state index is 4.22. The van der Waals surface area contributed by atoms with Crippen molar-refractivity contribution >= 4 is 5.84 Å². The summed E-state index contributed by atoms with van der Waals surface area (Å²) >= 11 is 0. The van der Waals surface area contributed by atoms with E-state index in [4.69, 9.17) is 0 Å². The third-order valence-corrected chi connectivity index (χ3v) is 1.80. The second-order valence-corrected chi connectivity index (χ2v) is 2.86. The molecule has 0 spiro atoms. The molecule has 1 aliphatic rings. The normalized spacial score (nSPS) is 16.5. The highest BCUT2D eigenvalue weighted by Crippen LogP contribution is 2.04. The molecule has 0 aromatic heterocycles. The van der Waals surface area contributed by atoms with Crippen LogP contribution in [-0.4, -0.2) is 23.9 Å². The lowest BCUT2D eigenvalue weighted by Gasteiger charge is -2.17. The molecule has 0 unspecified atom stereocenters. The summed E-state index contributed by atoms with van der Waals surface area (Å²) in [5, 5.41) is 4.22. The highest BCUT2D eigenvalue weighted by molar-refractivity contribution is 5.83. The summed E-state index contributed by atoms with van der Waals surface area (Å²) in [7, 11) is 0. The van der Waals surface area contributed by atoms with Crippen LogP contribution in [0.25, 0.3) is 0 Å². The Hall–Kier alpha value is -0.730. The van der Waals surface area contributed by atoms with Crippen LogP contribution in [0.2, 0.25) is 0 Å². The van der Waals surface area contributed by atoms with Crippen LogP contribution in [0.1, 0.15) is 33.1 Å². The van der Waals surface area contributed by atoms with Gasteiger partial charge >= 0.3 is 0 Å². The zero-order valence-electron chi connectivity index (χ0n) is 7.43. The van der Waals surface area contributed by atoms with Crippen molar-refractivity contribution in [3.8, 4) is 0 Å². The van der Waals surface area contributed by atoms with Crippen molar-refractivity contribution in [3.63, 3.8) is 0 Å². The number of hydrazone groups is 1. The second-order valence-electron chi connectivity index (χ2n) is 2.86. The Labute approximate surface area is 68.5 Å². The molecule has 64 valence electrons. The van der Waals surface area contributed by atoms with Crippen LogP contribution in [-0.2, 0) is 0 Å². The average Bonchev–Trinajstić information content (AvgIpc) is 2.39. The van der Waals surface area contributed by atoms with E-state index in [2.05, 4.69) is 29.3 Å². The van der Waals surface area contributed by atoms with Gasteiger partial charge in [0.25, 0.3) is 0 Å². The Morgan fingerprint density at radius 2 is 2.27 bits per heavy atom. The topological polar surface area (TPSA) is 27.6 Å². The van der Waals surface area contributed by atoms with E-state index >= 15 is 0 Å². The summed E-state index contributed by atoms with van der Waals surface area (Å²) in [5.41, 5.74) is 3.01. The van der Waals surface area contributed by atoms with Gasteiger partial charge in [0.1, 0.15) is 12.5 Å². The van der Waals surface area contributed by atoms with E-state index < -0.39 is 0 Å². The minimum absolute atomic E-state index is 0.906. The maximum Gasteiger partial charge on any atom is 0.126 e. The van der Waals surface area contributed by atoms with Crippen LogP contribution < -0.4 is 5.43 Å². The molecule has 0 saturated carbocycles. The molecule has 0 amide bonds. The molecule has 0 radical (unpaired) electrons. The van der Waals surface area contributed by atoms with Crippen molar-refractivity contribution in [1.82, 2.24) is 10.3 Å². The number of hydrogen-bond acceptors (Lipinski definition) is 3. The summed E-state index contributed by atoms with van der Waals surface area (Å²) in [6.07, 6.45) is 3.48. The van der Waals surface area contributed by atoms with Crippen LogP contribution in [0, 0.1) is 0 Å². The summed E-state index contributed by atoms with van der Waals surface area (Å²) in [6.45, 7) is 6.42. The Morgan fingerprint density at radius 3 is 2.91 bits per heavy atom. The SMILES string of the molecule is CCCC1=NNCN1CCC. The van der Waals surface area contributed by atoms with Crippen molar-refractivity contribution in [2.75, 3.05) is 13.2 Å². The van der Waals surface area contributed by atoms with E-state index in [1.54, 1.807) is 0 Å². The van der Waals surface area contributed by atoms with Crippen molar-refractivity contribution in [1.29, 1.82) is 0 Å². The predicted molar refractivity (Wildman–Crippen MR) is 47.3 cm³/mol. The fourth-order valence-corrected chi connectivity index (χ4v) is 1.29. The van der Waals surface area contributed by atoms with Crippen molar-refractivity contribution in [2.24, 2.45) is 5.10 Å². The number of nitrogens with zero attached hydrogens (tertiary/aromatic N) is 2. The lowest BCUT2D eigenvalue weighted by Crippen LogP contribution is -2.29. The van der Waals surface area contributed by atoms with Gasteiger partial charge in [0.05, 0.1) is 0 Å². The Bertz CT molecular complexity index is 142. The van der Waals surface area contributed by atoms with Crippen molar-refractivity contribution in [3.05, 3.63) is 0 Å². The lowest BCUT2D eigenvalue weighted by atomic mass is 10.3. The monoisotopic (exact) mass is 155 g/mol. The van der Waals surface area contributed by atoms with Crippen molar-refractivity contribution in [2.45, 2.75) is 33.1 Å². The smallest absolute Gasteiger partial charge is 0.126 e. The zero-order valence-corrected chi connectivity index (χ0v) is 7.43. The fraction of sp³-hybridized carbons (Fsp3) is 0.875. The first kappa shape index (κ1) is 8.37. The van der Waals surface area contributed by atoms with Crippen molar-refractivity contribution < 1.29 is 0 Å². The molecule has 0 aliphatic carbocycles. The first-order chi connectivity index (χ1) is 5.38. The Balaban J connectivity index is 2.35. The van der Waals surface area contributed by atoms with E-state index in [0.717, 1.165) is 19.6 Å². The molecule has 0 atom stereocenters. The van der Waals surface area contributed by atoms with Gasteiger partial charge in [-0.15, -0.1) is 0 Å². The van der Waals surface area contributed by atoms with E-state index in [1.807, 2.05) is 0 Å². The third kappa shape index (κ3) is 2.10. The van der Waals surface area contributed by atoms with Gasteiger partial charge < -0.3 is 4.90 Å². The molecule has 1 rings (SSSR count). The fourth-order valence-electron chi connectivity index (χ4n) is 1.29. The Morgan fingerprint density at radius 1 is 1.45 bits per heavy atom. The molecule has 0 aromatic rings. The highest BCUT2D eigenvalue weighted by atomic mass is 15.5. The molecule has 1 aliphatic heterocycles. The average molecular weight is 155 g/mol. The van der Waals surface area contributed by atoms with Crippen LogP contribution in [0.15, 0.2) is 5.10 Å². The zero-order chi connectivity index (χ0) is 8.10. The molecule has 3 heteroatoms. The van der Waals surface area contributed by atoms with Crippen LogP contribution in [0.3, 0.4) is 0 Å². The van der Waals surface area contributed by atoms with Crippen LogP contribution in [0.4, 0.5) is 0 Å². The summed E-state index contributed by atoms with van der Waals surface area (Å²) in [5.74, 6) is 1.23. The second kappa shape index (κ2) is 4.21. The molecule has 0 bridgehead atoms. The van der Waals surface area contributed by atoms with Gasteiger partial charge in [-0.25, -0.2) is 0 Å². The van der Waals surface area contributed by atoms with Crippen LogP contribution in [0.5, 0.6) is 0 Å². The maximum atomic E-state index is 4.22. The Kier molecular flexibility index (Phi) is 3.20.